The minimum atomic E-state index is -1.12. The first-order valence-electron chi connectivity index (χ1n) is 6.32. The Balaban J connectivity index is 3.29. The molecule has 0 radical (unpaired) electrons. The average molecular weight is 285 g/mol. The first-order valence-corrected chi connectivity index (χ1v) is 20.6. The van der Waals surface area contributed by atoms with Crippen molar-refractivity contribution in [3.05, 3.63) is 22.8 Å². The molecule has 0 aromatic rings. The van der Waals surface area contributed by atoms with Crippen LogP contribution in [0.4, 0.5) is 0 Å². The van der Waals surface area contributed by atoms with E-state index in [-0.39, 0.29) is 0 Å². The summed E-state index contributed by atoms with van der Waals surface area (Å²) in [6.07, 6.45) is 0. The molecule has 4 heteroatoms. The molecule has 1 rings (SSSR count). The molecule has 0 atom stereocenters. The van der Waals surface area contributed by atoms with Crippen molar-refractivity contribution < 1.29 is 0 Å². The lowest BCUT2D eigenvalue weighted by molar-refractivity contribution is 1.74. The van der Waals surface area contributed by atoms with Crippen LogP contribution in [0.15, 0.2) is 22.8 Å². The second-order valence-electron chi connectivity index (χ2n) is 7.55. The molecule has 0 aromatic carbocycles. The highest BCUT2D eigenvalue weighted by molar-refractivity contribution is 7.49. The predicted octanol–water partition coefficient (Wildman–Crippen LogP) is 4.26. The highest BCUT2D eigenvalue weighted by Crippen LogP contribution is 2.30. The van der Waals surface area contributed by atoms with Gasteiger partial charge in [0.15, 0.2) is 0 Å². The van der Waals surface area contributed by atoms with Crippen LogP contribution in [0.25, 0.3) is 0 Å². The first-order chi connectivity index (χ1) is 6.91. The molecule has 0 saturated heterocycles. The molecule has 0 amide bonds. The fourth-order valence-corrected chi connectivity index (χ4v) is 18.2. The van der Waals surface area contributed by atoms with E-state index in [0.717, 1.165) is 0 Å². The molecule has 0 N–H and O–H groups in total. The van der Waals surface area contributed by atoms with Gasteiger partial charge in [-0.05, 0) is 0 Å². The summed E-state index contributed by atoms with van der Waals surface area (Å²) in [6, 6.07) is 0. The zero-order chi connectivity index (χ0) is 12.8. The second kappa shape index (κ2) is 3.93. The van der Waals surface area contributed by atoms with E-state index in [4.69, 9.17) is 0 Å². The van der Waals surface area contributed by atoms with E-state index in [1.54, 1.807) is 0 Å². The molecule has 1 aliphatic rings. The molecule has 0 unspecified atom stereocenters. The van der Waals surface area contributed by atoms with E-state index >= 15 is 0 Å². The van der Waals surface area contributed by atoms with Crippen molar-refractivity contribution in [2.75, 3.05) is 0 Å². The standard InChI is InChI=1S/C12H28Si4/c1-13(2)9-10-15(5,6)16(7,8)12-11-14(13,3)4/h9-12H,1-8H3/b10-9+,12-11+. The van der Waals surface area contributed by atoms with Crippen LogP contribution in [0.2, 0.25) is 52.4 Å². The highest BCUT2D eigenvalue weighted by atomic mass is 29.3. The average Bonchev–Trinajstić information content (AvgIpc) is 2.11. The molecular weight excluding hydrogens is 256 g/mol. The zero-order valence-electron chi connectivity index (χ0n) is 12.3. The molecule has 0 aromatic heterocycles. The van der Waals surface area contributed by atoms with Gasteiger partial charge < -0.3 is 0 Å². The van der Waals surface area contributed by atoms with Crippen LogP contribution < -0.4 is 0 Å². The Morgan fingerprint density at radius 1 is 0.375 bits per heavy atom. The Labute approximate surface area is 105 Å². The third kappa shape index (κ3) is 2.44. The maximum absolute atomic E-state index is 2.70. The minimum Gasteiger partial charge on any atom is -0.104 e. The van der Waals surface area contributed by atoms with Gasteiger partial charge in [-0.1, -0.05) is 52.4 Å². The summed E-state index contributed by atoms with van der Waals surface area (Å²) in [5, 5.41) is 0. The number of rotatable bonds is 0. The summed E-state index contributed by atoms with van der Waals surface area (Å²) in [5.74, 6) is 0. The summed E-state index contributed by atoms with van der Waals surface area (Å²) in [5.41, 5.74) is 10.8. The van der Waals surface area contributed by atoms with Crippen molar-refractivity contribution in [3.8, 4) is 0 Å². The van der Waals surface area contributed by atoms with E-state index in [0.29, 0.717) is 0 Å². The van der Waals surface area contributed by atoms with Gasteiger partial charge in [-0.25, -0.2) is 0 Å². The van der Waals surface area contributed by atoms with Crippen molar-refractivity contribution >= 4 is 30.4 Å². The van der Waals surface area contributed by atoms with Gasteiger partial charge in [-0.2, -0.15) is 0 Å². The van der Waals surface area contributed by atoms with Gasteiger partial charge in [-0.15, -0.1) is 22.8 Å². The SMILES string of the molecule is C[Si]1(C)/C=C/[Si](C)(C)[Si](C)(C)/C=C/[Si]1(C)C. The number of hydrogen-bond donors (Lipinski definition) is 0. The third-order valence-corrected chi connectivity index (χ3v) is 38.4. The topological polar surface area (TPSA) is 0 Å². The van der Waals surface area contributed by atoms with E-state index in [9.17, 15) is 0 Å². The molecule has 0 saturated carbocycles. The van der Waals surface area contributed by atoms with Crippen molar-refractivity contribution in [2.45, 2.75) is 52.4 Å². The lowest BCUT2D eigenvalue weighted by Crippen LogP contribution is -2.58. The van der Waals surface area contributed by atoms with Gasteiger partial charge in [0.2, 0.25) is 0 Å². The van der Waals surface area contributed by atoms with Crippen LogP contribution in [0.3, 0.4) is 0 Å². The molecule has 16 heavy (non-hydrogen) atoms. The van der Waals surface area contributed by atoms with Crippen LogP contribution >= 0.6 is 0 Å². The van der Waals surface area contributed by atoms with Crippen molar-refractivity contribution in [2.24, 2.45) is 0 Å². The zero-order valence-corrected chi connectivity index (χ0v) is 16.3. The van der Waals surface area contributed by atoms with Crippen molar-refractivity contribution in [1.29, 1.82) is 0 Å². The van der Waals surface area contributed by atoms with E-state index < -0.39 is 30.4 Å². The normalized spacial score (nSPS) is 33.5. The van der Waals surface area contributed by atoms with Gasteiger partial charge in [0.25, 0.3) is 0 Å². The molecular formula is C12H28Si4. The van der Waals surface area contributed by atoms with Crippen LogP contribution in [0.5, 0.6) is 0 Å². The monoisotopic (exact) mass is 284 g/mol. The second-order valence-corrected chi connectivity index (χ2v) is 38.1. The Morgan fingerprint density at radius 2 is 0.500 bits per heavy atom. The van der Waals surface area contributed by atoms with E-state index in [1.807, 2.05) is 0 Å². The van der Waals surface area contributed by atoms with Crippen molar-refractivity contribution in [3.63, 3.8) is 0 Å². The van der Waals surface area contributed by atoms with Gasteiger partial charge in [0, 0.05) is 0 Å². The van der Waals surface area contributed by atoms with E-state index in [2.05, 4.69) is 75.2 Å². The first kappa shape index (κ1) is 14.4. The summed E-state index contributed by atoms with van der Waals surface area (Å²) >= 11 is 0. The van der Waals surface area contributed by atoms with Gasteiger partial charge in [0.1, 0.15) is 0 Å². The molecule has 92 valence electrons. The van der Waals surface area contributed by atoms with Gasteiger partial charge in [-0.3, -0.25) is 0 Å². The molecule has 1 heterocycles. The summed E-state index contributed by atoms with van der Waals surface area (Å²) < 4.78 is 0. The Hall–Kier alpha value is 0.348. The lowest BCUT2D eigenvalue weighted by atomic mass is 11.2. The quantitative estimate of drug-likeness (QED) is 0.583. The third-order valence-electron chi connectivity index (χ3n) is 5.15. The van der Waals surface area contributed by atoms with E-state index in [1.165, 1.54) is 0 Å². The van der Waals surface area contributed by atoms with Gasteiger partial charge in [0.05, 0.1) is 30.4 Å². The smallest absolute Gasteiger partial charge is 0.0683 e. The van der Waals surface area contributed by atoms with Gasteiger partial charge >= 0.3 is 0 Å². The molecule has 0 fully saturated rings. The number of hydrogen-bond acceptors (Lipinski definition) is 0. The summed E-state index contributed by atoms with van der Waals surface area (Å²) in [4.78, 5) is 0. The maximum atomic E-state index is 2.70. The Kier molecular flexibility index (Phi) is 3.54. The fraction of sp³-hybridized carbons (Fsp3) is 0.667. The molecule has 0 spiro atoms. The van der Waals surface area contributed by atoms with Crippen LogP contribution in [-0.4, -0.2) is 30.4 Å². The Bertz CT molecular complexity index is 269. The van der Waals surface area contributed by atoms with Crippen LogP contribution in [0.1, 0.15) is 0 Å². The lowest BCUT2D eigenvalue weighted by Gasteiger charge is -2.41. The van der Waals surface area contributed by atoms with Crippen molar-refractivity contribution in [1.82, 2.24) is 0 Å². The van der Waals surface area contributed by atoms with Crippen LogP contribution in [-0.2, 0) is 0 Å². The highest BCUT2D eigenvalue weighted by Gasteiger charge is 2.43. The van der Waals surface area contributed by atoms with Crippen LogP contribution in [0, 0.1) is 0 Å². The largest absolute Gasteiger partial charge is 0.104 e. The maximum Gasteiger partial charge on any atom is 0.0683 e. The molecule has 1 aliphatic heterocycles. The molecule has 0 bridgehead atoms. The Morgan fingerprint density at radius 3 is 0.625 bits per heavy atom. The predicted molar refractivity (Wildman–Crippen MR) is 88.2 cm³/mol. The fourth-order valence-electron chi connectivity index (χ4n) is 1.69. The molecule has 0 nitrogen and oxygen atoms in total. The summed E-state index contributed by atoms with van der Waals surface area (Å²) in [6.45, 7) is 20.5. The minimum absolute atomic E-state index is 1.12. The summed E-state index contributed by atoms with van der Waals surface area (Å²) in [7, 11) is -4.49. The molecule has 0 aliphatic carbocycles.